The third-order valence-electron chi connectivity index (χ3n) is 4.71. The summed E-state index contributed by atoms with van der Waals surface area (Å²) in [4.78, 5) is 0.200. The molecular weight excluding hydrogens is 355 g/mol. The Morgan fingerprint density at radius 1 is 1.22 bits per heavy atom. The summed E-state index contributed by atoms with van der Waals surface area (Å²) < 4.78 is 28.3. The zero-order valence-corrected chi connectivity index (χ0v) is 15.8. The van der Waals surface area contributed by atoms with Crippen molar-refractivity contribution in [1.29, 1.82) is 0 Å². The van der Waals surface area contributed by atoms with Crippen molar-refractivity contribution >= 4 is 34.0 Å². The first-order chi connectivity index (χ1) is 10.3. The average molecular weight is 379 g/mol. The van der Waals surface area contributed by atoms with Crippen molar-refractivity contribution in [3.8, 4) is 0 Å². The van der Waals surface area contributed by atoms with E-state index in [0.717, 1.165) is 31.2 Å². The zero-order valence-electron chi connectivity index (χ0n) is 13.4. The molecule has 0 aliphatic carbocycles. The van der Waals surface area contributed by atoms with E-state index in [1.165, 1.54) is 0 Å². The van der Waals surface area contributed by atoms with Crippen molar-refractivity contribution in [3.05, 3.63) is 28.8 Å². The van der Waals surface area contributed by atoms with Crippen LogP contribution in [0.2, 0.25) is 5.02 Å². The fraction of sp³-hybridized carbons (Fsp3) is 0.625. The van der Waals surface area contributed by atoms with Crippen LogP contribution >= 0.6 is 24.0 Å². The highest BCUT2D eigenvalue weighted by atomic mass is 35.5. The number of halogens is 2. The maximum atomic E-state index is 12.7. The minimum absolute atomic E-state index is 0. The van der Waals surface area contributed by atoms with Gasteiger partial charge in [0, 0.05) is 18.1 Å². The zero-order chi connectivity index (χ0) is 15.9. The van der Waals surface area contributed by atoms with Crippen LogP contribution in [-0.2, 0) is 10.0 Å². The number of hydrogen-bond donors (Lipinski definition) is 2. The van der Waals surface area contributed by atoms with Gasteiger partial charge in [-0.05, 0) is 49.3 Å². The van der Waals surface area contributed by atoms with Crippen LogP contribution < -0.4 is 10.0 Å². The van der Waals surface area contributed by atoms with E-state index >= 15 is 0 Å². The third kappa shape index (κ3) is 4.20. The molecule has 1 aromatic carbocycles. The molecule has 0 amide bonds. The summed E-state index contributed by atoms with van der Waals surface area (Å²) in [5.74, 6) is 0.265. The van der Waals surface area contributed by atoms with Gasteiger partial charge in [0.1, 0.15) is 4.90 Å². The van der Waals surface area contributed by atoms with E-state index in [4.69, 9.17) is 11.6 Å². The molecule has 2 saturated heterocycles. The number of benzene rings is 1. The molecule has 2 atom stereocenters. The molecule has 2 aliphatic heterocycles. The highest BCUT2D eigenvalue weighted by molar-refractivity contribution is 7.89. The Hall–Kier alpha value is -0.330. The molecule has 0 spiro atoms. The molecule has 2 unspecified atom stereocenters. The molecule has 2 fully saturated rings. The number of piperidine rings is 1. The summed E-state index contributed by atoms with van der Waals surface area (Å²) in [7, 11) is -3.58. The van der Waals surface area contributed by atoms with Crippen LogP contribution in [-0.4, -0.2) is 26.5 Å². The first-order valence-electron chi connectivity index (χ1n) is 7.93. The van der Waals surface area contributed by atoms with Gasteiger partial charge in [-0.15, -0.1) is 12.4 Å². The molecule has 0 radical (unpaired) electrons. The fourth-order valence-corrected chi connectivity index (χ4v) is 5.32. The van der Waals surface area contributed by atoms with E-state index in [1.807, 2.05) is 19.9 Å². The predicted octanol–water partition coefficient (Wildman–Crippen LogP) is 3.45. The standard InChI is InChI=1S/C16H23ClN2O2S.ClH/c1-10(2)11-3-6-15(17)16(7-11)22(20,21)19-14-8-12-4-5-13(9-14)18-12;/h3,6-7,10,12-14,18-19H,4-5,8-9H2,1-2H3;1H. The monoisotopic (exact) mass is 378 g/mol. The van der Waals surface area contributed by atoms with Crippen molar-refractivity contribution in [3.63, 3.8) is 0 Å². The highest BCUT2D eigenvalue weighted by Gasteiger charge is 2.35. The molecule has 2 bridgehead atoms. The van der Waals surface area contributed by atoms with Crippen molar-refractivity contribution in [2.45, 2.75) is 68.5 Å². The Morgan fingerprint density at radius 2 is 1.83 bits per heavy atom. The van der Waals surface area contributed by atoms with Gasteiger partial charge in [0.25, 0.3) is 0 Å². The lowest BCUT2D eigenvalue weighted by molar-refractivity contribution is 0.345. The van der Waals surface area contributed by atoms with Crippen molar-refractivity contribution in [2.75, 3.05) is 0 Å². The summed E-state index contributed by atoms with van der Waals surface area (Å²) in [6.45, 7) is 4.08. The van der Waals surface area contributed by atoms with Gasteiger partial charge in [-0.25, -0.2) is 13.1 Å². The van der Waals surface area contributed by atoms with Crippen LogP contribution in [0.5, 0.6) is 0 Å². The third-order valence-corrected chi connectivity index (χ3v) is 6.71. The minimum Gasteiger partial charge on any atom is -0.311 e. The normalized spacial score (nSPS) is 27.0. The largest absolute Gasteiger partial charge is 0.311 e. The molecule has 2 heterocycles. The average Bonchev–Trinajstić information content (AvgIpc) is 2.77. The van der Waals surface area contributed by atoms with Crippen LogP contribution in [0.3, 0.4) is 0 Å². The maximum Gasteiger partial charge on any atom is 0.242 e. The van der Waals surface area contributed by atoms with Gasteiger partial charge in [0.2, 0.25) is 10.0 Å². The molecule has 2 N–H and O–H groups in total. The van der Waals surface area contributed by atoms with Gasteiger partial charge in [0.15, 0.2) is 0 Å². The quantitative estimate of drug-likeness (QED) is 0.843. The fourth-order valence-electron chi connectivity index (χ4n) is 3.52. The molecule has 4 nitrogen and oxygen atoms in total. The maximum absolute atomic E-state index is 12.7. The Bertz CT molecular complexity index is 652. The van der Waals surface area contributed by atoms with Gasteiger partial charge in [-0.2, -0.15) is 0 Å². The van der Waals surface area contributed by atoms with Crippen LogP contribution in [0.25, 0.3) is 0 Å². The first-order valence-corrected chi connectivity index (χ1v) is 9.79. The van der Waals surface area contributed by atoms with E-state index < -0.39 is 10.0 Å². The molecule has 7 heteroatoms. The number of rotatable bonds is 4. The number of hydrogen-bond acceptors (Lipinski definition) is 3. The molecule has 2 aliphatic rings. The van der Waals surface area contributed by atoms with Gasteiger partial charge in [-0.1, -0.05) is 31.5 Å². The van der Waals surface area contributed by atoms with E-state index in [2.05, 4.69) is 10.0 Å². The lowest BCUT2D eigenvalue weighted by Gasteiger charge is -2.29. The molecule has 0 aromatic heterocycles. The molecule has 23 heavy (non-hydrogen) atoms. The summed E-state index contributed by atoms with van der Waals surface area (Å²) >= 11 is 6.14. The molecule has 3 rings (SSSR count). The highest BCUT2D eigenvalue weighted by Crippen LogP contribution is 2.30. The smallest absolute Gasteiger partial charge is 0.242 e. The Morgan fingerprint density at radius 3 is 2.39 bits per heavy atom. The number of sulfonamides is 1. The lowest BCUT2D eigenvalue weighted by Crippen LogP contribution is -2.47. The van der Waals surface area contributed by atoms with E-state index in [0.29, 0.717) is 12.1 Å². The lowest BCUT2D eigenvalue weighted by atomic mass is 10.0. The predicted molar refractivity (Wildman–Crippen MR) is 96.1 cm³/mol. The number of fused-ring (bicyclic) bond motifs is 2. The topological polar surface area (TPSA) is 58.2 Å². The second-order valence-electron chi connectivity index (χ2n) is 6.77. The first kappa shape index (κ1) is 19.0. The molecule has 130 valence electrons. The van der Waals surface area contributed by atoms with Crippen LogP contribution in [0.15, 0.2) is 23.1 Å². The molecule has 0 saturated carbocycles. The van der Waals surface area contributed by atoms with Gasteiger partial charge in [-0.3, -0.25) is 0 Å². The van der Waals surface area contributed by atoms with Crippen LogP contribution in [0.1, 0.15) is 51.0 Å². The Kier molecular flexibility index (Phi) is 6.01. The minimum atomic E-state index is -3.58. The van der Waals surface area contributed by atoms with E-state index in [9.17, 15) is 8.42 Å². The van der Waals surface area contributed by atoms with E-state index in [1.54, 1.807) is 12.1 Å². The van der Waals surface area contributed by atoms with Crippen molar-refractivity contribution < 1.29 is 8.42 Å². The summed E-state index contributed by atoms with van der Waals surface area (Å²) in [5, 5.41) is 3.81. The summed E-state index contributed by atoms with van der Waals surface area (Å²) in [5.41, 5.74) is 0.982. The number of nitrogens with one attached hydrogen (secondary N) is 2. The second-order valence-corrected chi connectivity index (χ2v) is 8.86. The Balaban J connectivity index is 0.00000192. The van der Waals surface area contributed by atoms with Crippen LogP contribution in [0, 0.1) is 0 Å². The summed E-state index contributed by atoms with van der Waals surface area (Å²) in [6.07, 6.45) is 4.01. The molecular formula is C16H24Cl2N2O2S. The Labute approximate surface area is 149 Å². The van der Waals surface area contributed by atoms with Crippen molar-refractivity contribution in [1.82, 2.24) is 10.0 Å². The van der Waals surface area contributed by atoms with Gasteiger partial charge in [0.05, 0.1) is 5.02 Å². The summed E-state index contributed by atoms with van der Waals surface area (Å²) in [6, 6.07) is 6.16. The van der Waals surface area contributed by atoms with Crippen molar-refractivity contribution in [2.24, 2.45) is 0 Å². The molecule has 1 aromatic rings. The SMILES string of the molecule is CC(C)c1ccc(Cl)c(S(=O)(=O)NC2CC3CCC(C2)N3)c1.Cl. The van der Waals surface area contributed by atoms with Gasteiger partial charge >= 0.3 is 0 Å². The second kappa shape index (κ2) is 7.28. The van der Waals surface area contributed by atoms with Gasteiger partial charge < -0.3 is 5.32 Å². The van der Waals surface area contributed by atoms with Crippen LogP contribution in [0.4, 0.5) is 0 Å². The van der Waals surface area contributed by atoms with E-state index in [-0.39, 0.29) is 34.3 Å².